The van der Waals surface area contributed by atoms with Crippen molar-refractivity contribution in [2.75, 3.05) is 0 Å². The Morgan fingerprint density at radius 1 is 0.955 bits per heavy atom. The fraction of sp³-hybridized carbons (Fsp3) is 0.500. The quantitative estimate of drug-likeness (QED) is 0.244. The van der Waals surface area contributed by atoms with E-state index in [-0.39, 0.29) is 51.4 Å². The predicted octanol–water partition coefficient (Wildman–Crippen LogP) is -10.4. The maximum Gasteiger partial charge on any atom is 1.00 e. The second kappa shape index (κ2) is 11.7. The van der Waals surface area contributed by atoms with Crippen LogP contribution < -0.4 is 61.6 Å². The molecule has 0 saturated carbocycles. The van der Waals surface area contributed by atoms with Crippen molar-refractivity contribution in [3.63, 3.8) is 0 Å². The second-order valence-electron chi connectivity index (χ2n) is 3.31. The summed E-state index contributed by atoms with van der Waals surface area (Å²) in [5, 5.41) is 53.3. The molecule has 0 aromatic carbocycles. The Kier molecular flexibility index (Phi) is 13.1. The van der Waals surface area contributed by atoms with E-state index in [4.69, 9.17) is 20.4 Å². The Balaban J connectivity index is 0. The van der Waals surface area contributed by atoms with Gasteiger partial charge in [0.2, 0.25) is 0 Å². The second-order valence-corrected chi connectivity index (χ2v) is 5.31. The van der Waals surface area contributed by atoms with Crippen LogP contribution in [0.1, 0.15) is 0 Å². The van der Waals surface area contributed by atoms with Crippen molar-refractivity contribution in [2.24, 2.45) is 0 Å². The van der Waals surface area contributed by atoms with E-state index in [2.05, 4.69) is 5.63 Å². The van der Waals surface area contributed by atoms with E-state index in [0.29, 0.717) is 0 Å². The van der Waals surface area contributed by atoms with E-state index in [1.165, 1.54) is 0 Å². The van der Waals surface area contributed by atoms with Crippen LogP contribution in [0.25, 0.3) is 0 Å². The molecule has 4 atom stereocenters. The van der Waals surface area contributed by atoms with Crippen LogP contribution in [-0.4, -0.2) is 92.8 Å². The van der Waals surface area contributed by atoms with Gasteiger partial charge in [0, 0.05) is 0 Å². The van der Waals surface area contributed by atoms with Crippen molar-refractivity contribution in [1.29, 1.82) is 0 Å². The first-order valence-corrected chi connectivity index (χ1v) is 7.69. The Bertz CT molecular complexity index is 389. The predicted molar refractivity (Wildman–Crippen MR) is 52.0 cm³/mol. The molecular formula is C8H8BiKO12. The molecule has 0 amide bonds. The first kappa shape index (κ1) is 24.5. The molecule has 1 aliphatic rings. The zero-order valence-corrected chi connectivity index (χ0v) is 17.4. The van der Waals surface area contributed by atoms with Gasteiger partial charge < -0.3 is 30.0 Å². The number of aliphatic carboxylic acids is 2. The first-order valence-electron chi connectivity index (χ1n) is 4.85. The molecule has 22 heavy (non-hydrogen) atoms. The molecule has 1 rings (SSSR count). The van der Waals surface area contributed by atoms with E-state index in [9.17, 15) is 29.4 Å². The van der Waals surface area contributed by atoms with E-state index in [0.717, 1.165) is 0 Å². The van der Waals surface area contributed by atoms with Crippen LogP contribution in [0.2, 0.25) is 0 Å². The van der Waals surface area contributed by atoms with E-state index in [1.807, 2.05) is 0 Å². The number of carbonyl (C=O) groups excluding carboxylic acids is 4. The number of rotatable bonds is 3. The SMILES string of the molecule is O=C([O-])C(O)C(O)C(=O)[O-].O=C1[O][Bi+][O]C(=O)C(O)C1O.[K+]. The summed E-state index contributed by atoms with van der Waals surface area (Å²) >= 11 is -2.05. The summed E-state index contributed by atoms with van der Waals surface area (Å²) in [4.78, 5) is 40.4. The molecule has 1 heterocycles. The van der Waals surface area contributed by atoms with Gasteiger partial charge in [-0.1, -0.05) is 0 Å². The van der Waals surface area contributed by atoms with Gasteiger partial charge >= 0.3 is 125 Å². The van der Waals surface area contributed by atoms with Crippen molar-refractivity contribution in [2.45, 2.75) is 24.4 Å². The molecule has 12 nitrogen and oxygen atoms in total. The Hall–Kier alpha value is 0.239. The van der Waals surface area contributed by atoms with Gasteiger partial charge in [0.05, 0.1) is 11.9 Å². The molecule has 1 aliphatic heterocycles. The molecule has 0 aliphatic carbocycles. The third kappa shape index (κ3) is 8.19. The number of hydrogen-bond acceptors (Lipinski definition) is 12. The third-order valence-corrected chi connectivity index (χ3v) is 3.80. The summed E-state index contributed by atoms with van der Waals surface area (Å²) in [5.41, 5.74) is 0. The largest absolute Gasteiger partial charge is 1.00 e. The van der Waals surface area contributed by atoms with Gasteiger partial charge in [-0.05, 0) is 0 Å². The van der Waals surface area contributed by atoms with Gasteiger partial charge in [0.15, 0.2) is 0 Å². The van der Waals surface area contributed by atoms with Crippen molar-refractivity contribution in [3.05, 3.63) is 0 Å². The zero-order chi connectivity index (χ0) is 16.7. The van der Waals surface area contributed by atoms with Gasteiger partial charge in [-0.2, -0.15) is 0 Å². The minimum Gasteiger partial charge on any atom is 1.00 e. The molecular weight excluding hydrogens is 536 g/mol. The molecule has 0 spiro atoms. The topological polar surface area (TPSA) is 214 Å². The average Bonchev–Trinajstić information content (AvgIpc) is 2.52. The summed E-state index contributed by atoms with van der Waals surface area (Å²) in [6, 6.07) is 0. The molecule has 0 bridgehead atoms. The van der Waals surface area contributed by atoms with Crippen molar-refractivity contribution in [3.8, 4) is 0 Å². The van der Waals surface area contributed by atoms with Crippen LogP contribution in [0.4, 0.5) is 0 Å². The summed E-state index contributed by atoms with van der Waals surface area (Å²) in [6.07, 6.45) is -8.47. The van der Waals surface area contributed by atoms with Crippen LogP contribution in [0.5, 0.6) is 0 Å². The fourth-order valence-corrected chi connectivity index (χ4v) is 2.27. The van der Waals surface area contributed by atoms with Crippen molar-refractivity contribution in [1.82, 2.24) is 0 Å². The van der Waals surface area contributed by atoms with Crippen LogP contribution in [0.15, 0.2) is 0 Å². The van der Waals surface area contributed by atoms with E-state index in [1.54, 1.807) is 0 Å². The molecule has 1 saturated heterocycles. The summed E-state index contributed by atoms with van der Waals surface area (Å²) in [7, 11) is 0. The van der Waals surface area contributed by atoms with Gasteiger partial charge in [-0.3, -0.25) is 0 Å². The standard InChI is InChI=1S/2C4H6O6.Bi.K/c2*5-1(3(7)8)2(6)4(9)10;;/h2*1-2,5-6H,(H,7,8)(H,9,10);;/q;;+3;+1/p-4. The third-order valence-electron chi connectivity index (χ3n) is 1.82. The zero-order valence-electron chi connectivity index (χ0n) is 10.8. The van der Waals surface area contributed by atoms with Crippen LogP contribution >= 0.6 is 0 Å². The van der Waals surface area contributed by atoms with Gasteiger partial charge in [-0.15, -0.1) is 0 Å². The smallest absolute Gasteiger partial charge is 1.00 e. The molecule has 0 aromatic heterocycles. The van der Waals surface area contributed by atoms with Crippen LogP contribution in [-0.2, 0) is 24.8 Å². The maximum absolute atomic E-state index is 10.6. The first-order chi connectivity index (χ1) is 9.59. The molecule has 0 aromatic rings. The van der Waals surface area contributed by atoms with E-state index < -0.39 is 72.4 Å². The average molecular weight is 544 g/mol. The number of carboxylic acids is 2. The molecule has 2 radical (unpaired) electrons. The Morgan fingerprint density at radius 2 is 1.23 bits per heavy atom. The van der Waals surface area contributed by atoms with Crippen molar-refractivity contribution >= 4 is 48.0 Å². The summed E-state index contributed by atoms with van der Waals surface area (Å²) in [5.74, 6) is -6.09. The van der Waals surface area contributed by atoms with Crippen LogP contribution in [0.3, 0.4) is 0 Å². The summed E-state index contributed by atoms with van der Waals surface area (Å²) < 4.78 is 8.69. The number of carbonyl (C=O) groups is 4. The van der Waals surface area contributed by atoms with Gasteiger partial charge in [0.1, 0.15) is 12.2 Å². The molecule has 4 N–H and O–H groups in total. The number of hydrogen-bond donors (Lipinski definition) is 4. The fourth-order valence-electron chi connectivity index (χ4n) is 0.716. The number of aliphatic hydroxyl groups is 4. The Morgan fingerprint density at radius 3 is 1.45 bits per heavy atom. The minimum atomic E-state index is -2.44. The minimum absolute atomic E-state index is 0. The number of aliphatic hydroxyl groups excluding tert-OH is 4. The van der Waals surface area contributed by atoms with Gasteiger partial charge in [-0.25, -0.2) is 0 Å². The monoisotopic (exact) mass is 544 g/mol. The Labute approximate surface area is 177 Å². The van der Waals surface area contributed by atoms with Gasteiger partial charge in [0.25, 0.3) is 0 Å². The van der Waals surface area contributed by atoms with Crippen LogP contribution in [0, 0.1) is 0 Å². The summed E-state index contributed by atoms with van der Waals surface area (Å²) in [6.45, 7) is 0. The molecule has 14 heteroatoms. The van der Waals surface area contributed by atoms with E-state index >= 15 is 0 Å². The molecule has 4 unspecified atom stereocenters. The normalized spacial score (nSPS) is 23.3. The van der Waals surface area contributed by atoms with Crippen molar-refractivity contribution < 1.29 is 107 Å². The molecule has 1 fully saturated rings. The molecule has 118 valence electrons. The number of carboxylic acid groups (broad SMARTS) is 2. The maximum atomic E-state index is 10.6.